The Morgan fingerprint density at radius 3 is 2.78 bits per heavy atom. The average Bonchev–Trinajstić information content (AvgIpc) is 3.02. The maximum Gasteiger partial charge on any atom is 0.215 e. The Morgan fingerprint density at radius 1 is 1.22 bits per heavy atom. The second-order valence-electron chi connectivity index (χ2n) is 7.91. The van der Waals surface area contributed by atoms with E-state index in [1.54, 1.807) is 0 Å². The molecule has 2 heterocycles. The van der Waals surface area contributed by atoms with Crippen LogP contribution >= 0.6 is 15.9 Å². The molecule has 2 aromatic heterocycles. The third kappa shape index (κ3) is 4.05. The van der Waals surface area contributed by atoms with Crippen LogP contribution in [0.2, 0.25) is 0 Å². The van der Waals surface area contributed by atoms with E-state index in [2.05, 4.69) is 50.3 Å². The molecule has 0 amide bonds. The van der Waals surface area contributed by atoms with Crippen LogP contribution in [0.15, 0.2) is 40.9 Å². The molecule has 0 unspecified atom stereocenters. The van der Waals surface area contributed by atoms with E-state index in [1.807, 2.05) is 30.3 Å². The number of aromatic nitrogens is 3. The van der Waals surface area contributed by atoms with Crippen LogP contribution in [0.4, 0.5) is 10.2 Å². The first-order valence-corrected chi connectivity index (χ1v) is 9.91. The summed E-state index contributed by atoms with van der Waals surface area (Å²) in [5.74, 6) is 0.0134. The molecule has 0 bridgehead atoms. The minimum atomic E-state index is -0.501. The zero-order valence-corrected chi connectivity index (χ0v) is 17.0. The maximum absolute atomic E-state index is 14.2. The molecule has 0 aliphatic heterocycles. The van der Waals surface area contributed by atoms with Crippen molar-refractivity contribution in [1.82, 2.24) is 15.2 Å². The van der Waals surface area contributed by atoms with Crippen molar-refractivity contribution < 1.29 is 4.39 Å². The fourth-order valence-corrected chi connectivity index (χ4v) is 3.87. The number of hydrogen-bond acceptors (Lipinski definition) is 3. The lowest BCUT2D eigenvalue weighted by Crippen LogP contribution is -2.21. The third-order valence-corrected chi connectivity index (χ3v) is 5.64. The molecule has 1 aliphatic carbocycles. The van der Waals surface area contributed by atoms with E-state index >= 15 is 0 Å². The summed E-state index contributed by atoms with van der Waals surface area (Å²) in [6, 6.07) is 11.3. The number of anilines is 1. The SMILES string of the molecule is CC1(C)CCc2c(-c3cc(F)nc(NCc4ccc(Br)cc4)c3)n[nH]c2C1. The summed E-state index contributed by atoms with van der Waals surface area (Å²) < 4.78 is 15.2. The number of pyridine rings is 1. The van der Waals surface area contributed by atoms with Crippen LogP contribution < -0.4 is 5.32 Å². The largest absolute Gasteiger partial charge is 0.366 e. The minimum Gasteiger partial charge on any atom is -0.366 e. The smallest absolute Gasteiger partial charge is 0.215 e. The molecular formula is C21H22BrFN4. The summed E-state index contributed by atoms with van der Waals surface area (Å²) in [4.78, 5) is 3.99. The molecule has 0 saturated heterocycles. The summed E-state index contributed by atoms with van der Waals surface area (Å²) in [6.45, 7) is 5.12. The highest BCUT2D eigenvalue weighted by Gasteiger charge is 2.29. The van der Waals surface area contributed by atoms with Crippen molar-refractivity contribution in [1.29, 1.82) is 0 Å². The van der Waals surface area contributed by atoms with Gasteiger partial charge in [0.25, 0.3) is 0 Å². The Balaban J connectivity index is 1.58. The molecule has 4 nitrogen and oxygen atoms in total. The zero-order chi connectivity index (χ0) is 19.0. The highest BCUT2D eigenvalue weighted by molar-refractivity contribution is 9.10. The quantitative estimate of drug-likeness (QED) is 0.539. The van der Waals surface area contributed by atoms with Crippen LogP contribution in [0.25, 0.3) is 11.3 Å². The molecule has 0 radical (unpaired) electrons. The Morgan fingerprint density at radius 2 is 2.00 bits per heavy atom. The standard InChI is InChI=1S/C21H22BrFN4/c1-21(2)8-7-16-17(11-21)26-27-20(16)14-9-18(23)25-19(10-14)24-12-13-3-5-15(22)6-4-13/h3-6,9-10H,7-8,11-12H2,1-2H3,(H,24,25)(H,26,27). The van der Waals surface area contributed by atoms with Gasteiger partial charge in [0.1, 0.15) is 5.82 Å². The molecule has 0 saturated carbocycles. The third-order valence-electron chi connectivity index (χ3n) is 5.11. The highest BCUT2D eigenvalue weighted by atomic mass is 79.9. The van der Waals surface area contributed by atoms with Gasteiger partial charge in [-0.2, -0.15) is 9.49 Å². The van der Waals surface area contributed by atoms with Crippen molar-refractivity contribution in [3.63, 3.8) is 0 Å². The fraction of sp³-hybridized carbons (Fsp3) is 0.333. The van der Waals surface area contributed by atoms with Crippen LogP contribution in [0.1, 0.15) is 37.1 Å². The second kappa shape index (κ2) is 7.08. The van der Waals surface area contributed by atoms with Crippen molar-refractivity contribution in [2.75, 3.05) is 5.32 Å². The Kier molecular flexibility index (Phi) is 4.76. The molecule has 27 heavy (non-hydrogen) atoms. The monoisotopic (exact) mass is 428 g/mol. The summed E-state index contributed by atoms with van der Waals surface area (Å²) in [6.07, 6.45) is 3.03. The van der Waals surface area contributed by atoms with Crippen LogP contribution in [-0.4, -0.2) is 15.2 Å². The van der Waals surface area contributed by atoms with Gasteiger partial charge in [-0.3, -0.25) is 5.10 Å². The van der Waals surface area contributed by atoms with Crippen molar-refractivity contribution in [2.24, 2.45) is 5.41 Å². The number of H-pyrrole nitrogens is 1. The molecule has 0 fully saturated rings. The van der Waals surface area contributed by atoms with E-state index in [-0.39, 0.29) is 5.41 Å². The number of aromatic amines is 1. The number of hydrogen-bond donors (Lipinski definition) is 2. The van der Waals surface area contributed by atoms with Gasteiger partial charge in [-0.15, -0.1) is 0 Å². The Hall–Kier alpha value is -2.21. The maximum atomic E-state index is 14.2. The number of halogens is 2. The Labute approximate surface area is 166 Å². The number of rotatable bonds is 4. The van der Waals surface area contributed by atoms with Crippen molar-refractivity contribution >= 4 is 21.7 Å². The number of benzene rings is 1. The number of fused-ring (bicyclic) bond motifs is 1. The van der Waals surface area contributed by atoms with Gasteiger partial charge >= 0.3 is 0 Å². The van der Waals surface area contributed by atoms with E-state index in [1.165, 1.54) is 17.3 Å². The molecule has 2 N–H and O–H groups in total. The van der Waals surface area contributed by atoms with Gasteiger partial charge < -0.3 is 5.32 Å². The lowest BCUT2D eigenvalue weighted by molar-refractivity contribution is 0.312. The number of nitrogens with zero attached hydrogens (tertiary/aromatic N) is 2. The van der Waals surface area contributed by atoms with E-state index < -0.39 is 5.95 Å². The van der Waals surface area contributed by atoms with Gasteiger partial charge in [0.05, 0.1) is 5.69 Å². The van der Waals surface area contributed by atoms with Gasteiger partial charge in [0.2, 0.25) is 5.95 Å². The normalized spacial score (nSPS) is 15.4. The van der Waals surface area contributed by atoms with E-state index in [0.29, 0.717) is 12.4 Å². The molecule has 0 atom stereocenters. The van der Waals surface area contributed by atoms with Gasteiger partial charge in [-0.25, -0.2) is 4.98 Å². The second-order valence-corrected chi connectivity index (χ2v) is 8.83. The van der Waals surface area contributed by atoms with E-state index in [0.717, 1.165) is 40.6 Å². The van der Waals surface area contributed by atoms with Crippen molar-refractivity contribution in [3.8, 4) is 11.3 Å². The average molecular weight is 429 g/mol. The van der Waals surface area contributed by atoms with E-state index in [9.17, 15) is 4.39 Å². The van der Waals surface area contributed by atoms with Crippen molar-refractivity contribution in [3.05, 3.63) is 63.6 Å². The van der Waals surface area contributed by atoms with Crippen molar-refractivity contribution in [2.45, 2.75) is 39.7 Å². The number of nitrogens with one attached hydrogen (secondary N) is 2. The summed E-state index contributed by atoms with van der Waals surface area (Å²) in [7, 11) is 0. The summed E-state index contributed by atoms with van der Waals surface area (Å²) in [5, 5.41) is 10.9. The first-order valence-electron chi connectivity index (χ1n) is 9.12. The van der Waals surface area contributed by atoms with Gasteiger partial charge in [0, 0.05) is 33.9 Å². The van der Waals surface area contributed by atoms with Crippen LogP contribution in [0.3, 0.4) is 0 Å². The first kappa shape index (κ1) is 18.2. The summed E-state index contributed by atoms with van der Waals surface area (Å²) in [5.41, 5.74) is 5.36. The summed E-state index contributed by atoms with van der Waals surface area (Å²) >= 11 is 3.43. The lowest BCUT2D eigenvalue weighted by atomic mass is 9.76. The predicted molar refractivity (Wildman–Crippen MR) is 109 cm³/mol. The first-order chi connectivity index (χ1) is 12.9. The van der Waals surface area contributed by atoms with Crippen LogP contribution in [0, 0.1) is 11.4 Å². The fourth-order valence-electron chi connectivity index (χ4n) is 3.60. The lowest BCUT2D eigenvalue weighted by Gasteiger charge is -2.29. The molecule has 1 aromatic carbocycles. The predicted octanol–water partition coefficient (Wildman–Crippen LogP) is 5.50. The molecular weight excluding hydrogens is 407 g/mol. The van der Waals surface area contributed by atoms with Gasteiger partial charge in [-0.1, -0.05) is 41.9 Å². The highest BCUT2D eigenvalue weighted by Crippen LogP contribution is 2.38. The molecule has 1 aliphatic rings. The van der Waals surface area contributed by atoms with Crippen LogP contribution in [-0.2, 0) is 19.4 Å². The molecule has 4 rings (SSSR count). The molecule has 6 heteroatoms. The zero-order valence-electron chi connectivity index (χ0n) is 15.4. The minimum absolute atomic E-state index is 0.275. The molecule has 3 aromatic rings. The topological polar surface area (TPSA) is 53.6 Å². The van der Waals surface area contributed by atoms with Gasteiger partial charge in [0.15, 0.2) is 0 Å². The molecule has 140 valence electrons. The molecule has 0 spiro atoms. The Bertz CT molecular complexity index is 963. The van der Waals surface area contributed by atoms with Gasteiger partial charge in [-0.05, 0) is 48.4 Å². The van der Waals surface area contributed by atoms with Crippen LogP contribution in [0.5, 0.6) is 0 Å². The van der Waals surface area contributed by atoms with E-state index in [4.69, 9.17) is 0 Å².